The van der Waals surface area contributed by atoms with E-state index in [0.717, 1.165) is 29.1 Å². The maximum atomic E-state index is 5.94. The number of hydrogen-bond acceptors (Lipinski definition) is 3. The minimum Gasteiger partial charge on any atom is -0.497 e. The molecule has 90 valence electrons. The molecule has 0 fully saturated rings. The third-order valence-corrected chi connectivity index (χ3v) is 2.82. The molecule has 1 unspecified atom stereocenters. The summed E-state index contributed by atoms with van der Waals surface area (Å²) >= 11 is 0. The number of methoxy groups -OCH3 is 1. The molecule has 1 atom stereocenters. The average Bonchev–Trinajstić information content (AvgIpc) is 2.87. The Morgan fingerprint density at radius 2 is 2.06 bits per heavy atom. The first-order valence-corrected chi connectivity index (χ1v) is 5.70. The number of benzene rings is 1. The van der Waals surface area contributed by atoms with Crippen LogP contribution in [0, 0.1) is 0 Å². The van der Waals surface area contributed by atoms with E-state index in [9.17, 15) is 0 Å². The Bertz CT molecular complexity index is 476. The molecule has 2 rings (SSSR count). The number of hydrogen-bond donors (Lipinski definition) is 2. The van der Waals surface area contributed by atoms with E-state index in [0.29, 0.717) is 0 Å². The Morgan fingerprint density at radius 3 is 2.65 bits per heavy atom. The van der Waals surface area contributed by atoms with Gasteiger partial charge in [-0.3, -0.25) is 5.10 Å². The Hall–Kier alpha value is -1.81. The third kappa shape index (κ3) is 2.47. The van der Waals surface area contributed by atoms with Crippen molar-refractivity contribution < 1.29 is 4.74 Å². The minimum atomic E-state index is 0.0227. The van der Waals surface area contributed by atoms with Crippen molar-refractivity contribution in [2.24, 2.45) is 5.73 Å². The lowest BCUT2D eigenvalue weighted by atomic mass is 10.1. The molecule has 1 aromatic carbocycles. The predicted molar refractivity (Wildman–Crippen MR) is 67.8 cm³/mol. The van der Waals surface area contributed by atoms with E-state index in [1.807, 2.05) is 30.3 Å². The molecule has 0 saturated heterocycles. The van der Waals surface area contributed by atoms with Crippen LogP contribution in [-0.4, -0.2) is 17.3 Å². The van der Waals surface area contributed by atoms with Crippen molar-refractivity contribution in [2.75, 3.05) is 7.11 Å². The fourth-order valence-electron chi connectivity index (χ4n) is 1.66. The van der Waals surface area contributed by atoms with Gasteiger partial charge in [0.05, 0.1) is 18.5 Å². The summed E-state index contributed by atoms with van der Waals surface area (Å²) < 4.78 is 5.12. The molecular formula is C13H17N3O. The summed E-state index contributed by atoms with van der Waals surface area (Å²) in [7, 11) is 1.65. The molecule has 0 aliphatic rings. The van der Waals surface area contributed by atoms with Crippen molar-refractivity contribution in [3.05, 3.63) is 36.0 Å². The first-order valence-electron chi connectivity index (χ1n) is 5.70. The van der Waals surface area contributed by atoms with Crippen molar-refractivity contribution in [1.82, 2.24) is 10.2 Å². The smallest absolute Gasteiger partial charge is 0.118 e. The van der Waals surface area contributed by atoms with Gasteiger partial charge in [-0.15, -0.1) is 0 Å². The SMILES string of the molecule is CCC(N)c1cc(-c2ccc(OC)cc2)n[nH]1. The fourth-order valence-corrected chi connectivity index (χ4v) is 1.66. The zero-order chi connectivity index (χ0) is 12.3. The minimum absolute atomic E-state index is 0.0227. The van der Waals surface area contributed by atoms with Gasteiger partial charge in [0, 0.05) is 11.6 Å². The summed E-state index contributed by atoms with van der Waals surface area (Å²) in [6.45, 7) is 2.05. The number of nitrogens with one attached hydrogen (secondary N) is 1. The maximum absolute atomic E-state index is 5.94. The van der Waals surface area contributed by atoms with Gasteiger partial charge in [0.25, 0.3) is 0 Å². The van der Waals surface area contributed by atoms with Crippen molar-refractivity contribution in [3.8, 4) is 17.0 Å². The van der Waals surface area contributed by atoms with Crippen LogP contribution in [0.15, 0.2) is 30.3 Å². The van der Waals surface area contributed by atoms with Gasteiger partial charge >= 0.3 is 0 Å². The number of aromatic amines is 1. The normalized spacial score (nSPS) is 12.4. The Morgan fingerprint density at radius 1 is 1.35 bits per heavy atom. The van der Waals surface area contributed by atoms with Crippen LogP contribution in [0.2, 0.25) is 0 Å². The van der Waals surface area contributed by atoms with Gasteiger partial charge in [-0.1, -0.05) is 6.92 Å². The van der Waals surface area contributed by atoms with Crippen LogP contribution in [0.1, 0.15) is 25.1 Å². The first-order chi connectivity index (χ1) is 8.24. The van der Waals surface area contributed by atoms with E-state index in [2.05, 4.69) is 17.1 Å². The van der Waals surface area contributed by atoms with E-state index in [1.54, 1.807) is 7.11 Å². The molecule has 0 aliphatic heterocycles. The highest BCUT2D eigenvalue weighted by molar-refractivity contribution is 5.60. The lowest BCUT2D eigenvalue weighted by molar-refractivity contribution is 0.415. The highest BCUT2D eigenvalue weighted by Crippen LogP contribution is 2.23. The molecule has 4 heteroatoms. The molecule has 0 saturated carbocycles. The molecule has 2 aromatic rings. The van der Waals surface area contributed by atoms with Crippen LogP contribution in [0.4, 0.5) is 0 Å². The van der Waals surface area contributed by atoms with E-state index in [-0.39, 0.29) is 6.04 Å². The monoisotopic (exact) mass is 231 g/mol. The quantitative estimate of drug-likeness (QED) is 0.849. The zero-order valence-electron chi connectivity index (χ0n) is 10.1. The Kier molecular flexibility index (Phi) is 3.44. The van der Waals surface area contributed by atoms with Crippen molar-refractivity contribution in [2.45, 2.75) is 19.4 Å². The van der Waals surface area contributed by atoms with Crippen LogP contribution < -0.4 is 10.5 Å². The van der Waals surface area contributed by atoms with E-state index >= 15 is 0 Å². The molecule has 4 nitrogen and oxygen atoms in total. The van der Waals surface area contributed by atoms with Crippen molar-refractivity contribution in [1.29, 1.82) is 0 Å². The molecule has 1 heterocycles. The second kappa shape index (κ2) is 5.01. The van der Waals surface area contributed by atoms with Gasteiger partial charge < -0.3 is 10.5 Å². The first kappa shape index (κ1) is 11.7. The predicted octanol–water partition coefficient (Wildman–Crippen LogP) is 2.50. The van der Waals surface area contributed by atoms with Gasteiger partial charge in [-0.25, -0.2) is 0 Å². The van der Waals surface area contributed by atoms with E-state index in [4.69, 9.17) is 10.5 Å². The highest BCUT2D eigenvalue weighted by atomic mass is 16.5. The van der Waals surface area contributed by atoms with E-state index < -0.39 is 0 Å². The lowest BCUT2D eigenvalue weighted by Gasteiger charge is -2.03. The Balaban J connectivity index is 2.24. The maximum Gasteiger partial charge on any atom is 0.118 e. The zero-order valence-corrected chi connectivity index (χ0v) is 10.1. The van der Waals surface area contributed by atoms with Gasteiger partial charge in [0.2, 0.25) is 0 Å². The van der Waals surface area contributed by atoms with Crippen LogP contribution in [0.5, 0.6) is 5.75 Å². The number of nitrogens with zero attached hydrogens (tertiary/aromatic N) is 1. The molecule has 17 heavy (non-hydrogen) atoms. The average molecular weight is 231 g/mol. The standard InChI is InChI=1S/C13H17N3O/c1-3-11(14)13-8-12(15-16-13)9-4-6-10(17-2)7-5-9/h4-8,11H,3,14H2,1-2H3,(H,15,16). The molecular weight excluding hydrogens is 214 g/mol. The number of nitrogens with two attached hydrogens (primary N) is 1. The summed E-state index contributed by atoms with van der Waals surface area (Å²) in [5.41, 5.74) is 8.87. The molecule has 0 radical (unpaired) electrons. The molecule has 0 aliphatic carbocycles. The summed E-state index contributed by atoms with van der Waals surface area (Å²) in [6, 6.07) is 9.82. The van der Waals surface area contributed by atoms with Gasteiger partial charge in [-0.05, 0) is 36.8 Å². The lowest BCUT2D eigenvalue weighted by Crippen LogP contribution is -2.08. The molecule has 0 amide bonds. The van der Waals surface area contributed by atoms with Crippen LogP contribution in [-0.2, 0) is 0 Å². The third-order valence-electron chi connectivity index (χ3n) is 2.82. The van der Waals surface area contributed by atoms with Crippen molar-refractivity contribution >= 4 is 0 Å². The number of rotatable bonds is 4. The van der Waals surface area contributed by atoms with Crippen LogP contribution in [0.25, 0.3) is 11.3 Å². The largest absolute Gasteiger partial charge is 0.497 e. The number of H-pyrrole nitrogens is 1. The topological polar surface area (TPSA) is 63.9 Å². The molecule has 3 N–H and O–H groups in total. The van der Waals surface area contributed by atoms with Gasteiger partial charge in [0.1, 0.15) is 5.75 Å². The summed E-state index contributed by atoms with van der Waals surface area (Å²) in [6.07, 6.45) is 0.893. The second-order valence-electron chi connectivity index (χ2n) is 3.95. The van der Waals surface area contributed by atoms with Crippen molar-refractivity contribution in [3.63, 3.8) is 0 Å². The molecule has 0 spiro atoms. The van der Waals surface area contributed by atoms with Crippen LogP contribution in [0.3, 0.4) is 0 Å². The molecule has 0 bridgehead atoms. The van der Waals surface area contributed by atoms with Gasteiger partial charge in [-0.2, -0.15) is 5.10 Å². The molecule has 1 aromatic heterocycles. The van der Waals surface area contributed by atoms with Gasteiger partial charge in [0.15, 0.2) is 0 Å². The van der Waals surface area contributed by atoms with E-state index in [1.165, 1.54) is 0 Å². The second-order valence-corrected chi connectivity index (χ2v) is 3.95. The number of ether oxygens (including phenoxy) is 1. The fraction of sp³-hybridized carbons (Fsp3) is 0.308. The number of aromatic nitrogens is 2. The Labute approximate surface area is 101 Å². The summed E-state index contributed by atoms with van der Waals surface area (Å²) in [5.74, 6) is 0.842. The van der Waals surface area contributed by atoms with Crippen LogP contribution >= 0.6 is 0 Å². The summed E-state index contributed by atoms with van der Waals surface area (Å²) in [4.78, 5) is 0. The highest BCUT2D eigenvalue weighted by Gasteiger charge is 2.08. The summed E-state index contributed by atoms with van der Waals surface area (Å²) in [5, 5.41) is 7.24.